The van der Waals surface area contributed by atoms with Crippen molar-refractivity contribution in [3.05, 3.63) is 24.0 Å². The van der Waals surface area contributed by atoms with Crippen LogP contribution in [0.3, 0.4) is 0 Å². The number of aromatic carboxylic acids is 1. The van der Waals surface area contributed by atoms with E-state index in [1.165, 1.54) is 19.0 Å². The molecule has 104 valence electrons. The van der Waals surface area contributed by atoms with E-state index in [0.717, 1.165) is 12.8 Å². The second-order valence-electron chi connectivity index (χ2n) is 5.07. The minimum atomic E-state index is -1.02. The molecule has 0 saturated heterocycles. The number of aliphatic hydroxyl groups is 1. The number of nitrogens with one attached hydrogen (secondary N) is 1. The van der Waals surface area contributed by atoms with Crippen LogP contribution in [0.1, 0.15) is 36.2 Å². The topological polar surface area (TPSA) is 82.5 Å². The van der Waals surface area contributed by atoms with Gasteiger partial charge in [-0.15, -0.1) is 0 Å². The minimum Gasteiger partial charge on any atom is -0.476 e. The molecule has 0 aromatic carbocycles. The number of aromatic nitrogens is 1. The largest absolute Gasteiger partial charge is 0.476 e. The zero-order valence-corrected chi connectivity index (χ0v) is 10.9. The van der Waals surface area contributed by atoms with Crippen molar-refractivity contribution >= 4 is 11.7 Å². The van der Waals surface area contributed by atoms with E-state index in [1.54, 1.807) is 12.1 Å². The monoisotopic (exact) mass is 264 g/mol. The zero-order chi connectivity index (χ0) is 13.7. The molecule has 5 nitrogen and oxygen atoms in total. The Morgan fingerprint density at radius 3 is 2.79 bits per heavy atom. The van der Waals surface area contributed by atoms with Gasteiger partial charge in [0, 0.05) is 19.3 Å². The highest BCUT2D eigenvalue weighted by atomic mass is 16.4. The quantitative estimate of drug-likeness (QED) is 0.757. The van der Waals surface area contributed by atoms with Gasteiger partial charge in [-0.1, -0.05) is 12.8 Å². The Morgan fingerprint density at radius 1 is 1.37 bits per heavy atom. The van der Waals surface area contributed by atoms with Crippen molar-refractivity contribution in [3.63, 3.8) is 0 Å². The van der Waals surface area contributed by atoms with Gasteiger partial charge in [0.25, 0.3) is 0 Å². The van der Waals surface area contributed by atoms with Gasteiger partial charge >= 0.3 is 5.97 Å². The van der Waals surface area contributed by atoms with Crippen molar-refractivity contribution in [2.24, 2.45) is 11.8 Å². The van der Waals surface area contributed by atoms with Crippen LogP contribution in [-0.4, -0.2) is 34.3 Å². The number of hydrogen-bond donors (Lipinski definition) is 3. The van der Waals surface area contributed by atoms with E-state index in [1.807, 2.05) is 0 Å². The van der Waals surface area contributed by atoms with Gasteiger partial charge in [0.05, 0.1) is 5.69 Å². The van der Waals surface area contributed by atoms with Gasteiger partial charge in [-0.3, -0.25) is 0 Å². The van der Waals surface area contributed by atoms with Gasteiger partial charge in [0.15, 0.2) is 5.69 Å². The molecule has 3 N–H and O–H groups in total. The van der Waals surface area contributed by atoms with Gasteiger partial charge in [-0.05, 0) is 36.8 Å². The third-order valence-corrected chi connectivity index (χ3v) is 3.87. The third kappa shape index (κ3) is 3.44. The van der Waals surface area contributed by atoms with E-state index in [9.17, 15) is 9.90 Å². The molecule has 1 aliphatic rings. The molecule has 1 aliphatic carbocycles. The Labute approximate surface area is 112 Å². The number of aliphatic hydroxyl groups excluding tert-OH is 1. The number of carboxylic acid groups (broad SMARTS) is 1. The molecule has 2 atom stereocenters. The van der Waals surface area contributed by atoms with Crippen molar-refractivity contribution in [2.75, 3.05) is 18.5 Å². The van der Waals surface area contributed by atoms with Crippen LogP contribution >= 0.6 is 0 Å². The molecule has 1 heterocycles. The fourth-order valence-corrected chi connectivity index (χ4v) is 2.75. The van der Waals surface area contributed by atoms with E-state index < -0.39 is 5.97 Å². The lowest BCUT2D eigenvalue weighted by molar-refractivity contribution is 0.0691. The van der Waals surface area contributed by atoms with E-state index in [2.05, 4.69) is 10.3 Å². The van der Waals surface area contributed by atoms with Crippen LogP contribution in [0, 0.1) is 11.8 Å². The Hall–Kier alpha value is -1.62. The maximum Gasteiger partial charge on any atom is 0.356 e. The number of carbonyl (C=O) groups is 1. The summed E-state index contributed by atoms with van der Waals surface area (Å²) in [5.41, 5.74) is 0.608. The normalized spacial score (nSPS) is 23.0. The highest BCUT2D eigenvalue weighted by molar-refractivity contribution is 5.91. The predicted octanol–water partition coefficient (Wildman–Crippen LogP) is 1.99. The summed E-state index contributed by atoms with van der Waals surface area (Å²) < 4.78 is 0. The van der Waals surface area contributed by atoms with Crippen LogP contribution in [0.25, 0.3) is 0 Å². The summed E-state index contributed by atoms with van der Waals surface area (Å²) in [5, 5.41) is 21.6. The summed E-state index contributed by atoms with van der Waals surface area (Å²) in [5.74, 6) is -0.294. The number of nitrogens with zero attached hydrogens (tertiary/aromatic N) is 1. The lowest BCUT2D eigenvalue weighted by Gasteiger charge is -2.30. The van der Waals surface area contributed by atoms with E-state index in [4.69, 9.17) is 5.11 Å². The summed E-state index contributed by atoms with van der Waals surface area (Å²) in [7, 11) is 0. The summed E-state index contributed by atoms with van der Waals surface area (Å²) in [6.07, 6.45) is 5.98. The number of hydrogen-bond acceptors (Lipinski definition) is 4. The molecule has 2 rings (SSSR count). The summed E-state index contributed by atoms with van der Waals surface area (Å²) in [6, 6.07) is 3.45. The van der Waals surface area contributed by atoms with Crippen LogP contribution in [-0.2, 0) is 0 Å². The molecule has 1 aromatic rings. The van der Waals surface area contributed by atoms with E-state index in [-0.39, 0.29) is 12.3 Å². The first-order valence-electron chi connectivity index (χ1n) is 6.75. The van der Waals surface area contributed by atoms with E-state index >= 15 is 0 Å². The lowest BCUT2D eigenvalue weighted by atomic mass is 9.79. The Bertz CT molecular complexity index is 436. The molecular weight excluding hydrogens is 244 g/mol. The average Bonchev–Trinajstić information content (AvgIpc) is 2.45. The van der Waals surface area contributed by atoms with Crippen molar-refractivity contribution in [3.8, 4) is 0 Å². The van der Waals surface area contributed by atoms with Crippen molar-refractivity contribution in [1.82, 2.24) is 4.98 Å². The standard InChI is InChI=1S/C14H20N2O3/c17-9-11-5-2-1-4-10(11)8-16-12-6-3-7-15-13(12)14(18)19/h3,6-7,10-11,16-17H,1-2,4-5,8-9H2,(H,18,19). The smallest absolute Gasteiger partial charge is 0.356 e. The van der Waals surface area contributed by atoms with Gasteiger partial charge in [-0.25, -0.2) is 9.78 Å². The maximum absolute atomic E-state index is 11.1. The van der Waals surface area contributed by atoms with Crippen molar-refractivity contribution in [2.45, 2.75) is 25.7 Å². The van der Waals surface area contributed by atoms with Crippen LogP contribution in [0.15, 0.2) is 18.3 Å². The molecule has 5 heteroatoms. The molecule has 2 unspecified atom stereocenters. The number of pyridine rings is 1. The molecule has 0 radical (unpaired) electrons. The molecule has 1 fully saturated rings. The summed E-state index contributed by atoms with van der Waals surface area (Å²) in [4.78, 5) is 14.9. The Balaban J connectivity index is 2.00. The zero-order valence-electron chi connectivity index (χ0n) is 10.9. The number of carboxylic acids is 1. The Kier molecular flexibility index (Phi) is 4.74. The van der Waals surface area contributed by atoms with Crippen LogP contribution in [0.4, 0.5) is 5.69 Å². The van der Waals surface area contributed by atoms with Crippen LogP contribution < -0.4 is 5.32 Å². The second-order valence-corrected chi connectivity index (χ2v) is 5.07. The van der Waals surface area contributed by atoms with Gasteiger partial charge in [0.1, 0.15) is 0 Å². The Morgan fingerprint density at radius 2 is 2.11 bits per heavy atom. The number of anilines is 1. The van der Waals surface area contributed by atoms with Gasteiger partial charge in [-0.2, -0.15) is 0 Å². The molecule has 0 amide bonds. The first-order valence-corrected chi connectivity index (χ1v) is 6.75. The molecule has 0 aliphatic heterocycles. The fourth-order valence-electron chi connectivity index (χ4n) is 2.75. The maximum atomic E-state index is 11.1. The van der Waals surface area contributed by atoms with Crippen molar-refractivity contribution in [1.29, 1.82) is 0 Å². The highest BCUT2D eigenvalue weighted by Gasteiger charge is 2.24. The number of rotatable bonds is 5. The van der Waals surface area contributed by atoms with Gasteiger partial charge in [0.2, 0.25) is 0 Å². The predicted molar refractivity (Wildman–Crippen MR) is 72.2 cm³/mol. The fraction of sp³-hybridized carbons (Fsp3) is 0.571. The summed E-state index contributed by atoms with van der Waals surface area (Å²) >= 11 is 0. The molecule has 0 bridgehead atoms. The third-order valence-electron chi connectivity index (χ3n) is 3.87. The molecule has 1 aromatic heterocycles. The first kappa shape index (κ1) is 13.8. The first-order chi connectivity index (χ1) is 9.22. The summed E-state index contributed by atoms with van der Waals surface area (Å²) in [6.45, 7) is 0.905. The van der Waals surface area contributed by atoms with E-state index in [0.29, 0.717) is 24.1 Å². The highest BCUT2D eigenvalue weighted by Crippen LogP contribution is 2.30. The van der Waals surface area contributed by atoms with Crippen LogP contribution in [0.5, 0.6) is 0 Å². The molecule has 0 spiro atoms. The second kappa shape index (κ2) is 6.52. The average molecular weight is 264 g/mol. The molecule has 19 heavy (non-hydrogen) atoms. The molecule has 1 saturated carbocycles. The lowest BCUT2D eigenvalue weighted by Crippen LogP contribution is -2.29. The SMILES string of the molecule is O=C(O)c1ncccc1NCC1CCCCC1CO. The van der Waals surface area contributed by atoms with Crippen molar-refractivity contribution < 1.29 is 15.0 Å². The van der Waals surface area contributed by atoms with Crippen LogP contribution in [0.2, 0.25) is 0 Å². The van der Waals surface area contributed by atoms with Gasteiger partial charge < -0.3 is 15.5 Å². The minimum absolute atomic E-state index is 0.0545. The molecular formula is C14H20N2O3.